The van der Waals surface area contributed by atoms with Crippen molar-refractivity contribution in [2.45, 2.75) is 0 Å². The van der Waals surface area contributed by atoms with E-state index in [1.807, 2.05) is 22.6 Å². The topological polar surface area (TPSA) is 74.7 Å². The van der Waals surface area contributed by atoms with E-state index in [2.05, 4.69) is 43.0 Å². The number of carbonyl (C=O) groups is 1. The van der Waals surface area contributed by atoms with Gasteiger partial charge in [0.15, 0.2) is 11.3 Å². The smallest absolute Gasteiger partial charge is 0.224 e. The number of hydrogen-bond acceptors (Lipinski definition) is 9. The van der Waals surface area contributed by atoms with Crippen LogP contribution in [0.1, 0.15) is 9.80 Å². The Morgan fingerprint density at radius 3 is 2.80 bits per heavy atom. The predicted molar refractivity (Wildman–Crippen MR) is 119 cm³/mol. The fraction of sp³-hybridized carbons (Fsp3) is 0.300. The molecule has 0 aliphatic carbocycles. The molecule has 5 rings (SSSR count). The van der Waals surface area contributed by atoms with E-state index in [0.29, 0.717) is 18.2 Å². The van der Waals surface area contributed by atoms with Gasteiger partial charge >= 0.3 is 0 Å². The third kappa shape index (κ3) is 3.71. The molecule has 154 valence electrons. The molecular formula is C20H19ClN6O2S. The first-order valence-corrected chi connectivity index (χ1v) is 10.9. The molecule has 10 heteroatoms. The number of anilines is 3. The van der Waals surface area contributed by atoms with E-state index >= 15 is 0 Å². The minimum atomic E-state index is 0.217. The molecule has 0 radical (unpaired) electrons. The van der Waals surface area contributed by atoms with E-state index in [4.69, 9.17) is 16.3 Å². The van der Waals surface area contributed by atoms with Crippen molar-refractivity contribution >= 4 is 57.4 Å². The summed E-state index contributed by atoms with van der Waals surface area (Å²) in [6.07, 6.45) is 4.78. The van der Waals surface area contributed by atoms with E-state index in [0.717, 1.165) is 60.8 Å². The van der Waals surface area contributed by atoms with E-state index in [9.17, 15) is 4.79 Å². The highest BCUT2D eigenvalue weighted by molar-refractivity contribution is 7.11. The van der Waals surface area contributed by atoms with Gasteiger partial charge in [-0.3, -0.25) is 4.79 Å². The minimum Gasteiger partial charge on any atom is -0.378 e. The molecule has 1 aromatic carbocycles. The molecule has 0 atom stereocenters. The average molecular weight is 443 g/mol. The molecule has 0 bridgehead atoms. The zero-order chi connectivity index (χ0) is 20.5. The fourth-order valence-corrected chi connectivity index (χ4v) is 4.48. The van der Waals surface area contributed by atoms with Gasteiger partial charge in [0.1, 0.15) is 11.6 Å². The number of carbonyl (C=O) groups excluding carboxylic acids is 1. The van der Waals surface area contributed by atoms with Crippen molar-refractivity contribution in [2.24, 2.45) is 0 Å². The van der Waals surface area contributed by atoms with Gasteiger partial charge in [0.25, 0.3) is 0 Å². The van der Waals surface area contributed by atoms with Crippen LogP contribution in [0.3, 0.4) is 0 Å². The zero-order valence-corrected chi connectivity index (χ0v) is 17.6. The number of fused-ring (bicyclic) bond motifs is 1. The molecule has 0 spiro atoms. The van der Waals surface area contributed by atoms with E-state index in [1.54, 1.807) is 0 Å². The first-order chi connectivity index (χ1) is 14.7. The Labute approximate surface area is 182 Å². The Bertz CT molecular complexity index is 1110. The molecule has 3 aromatic rings. The van der Waals surface area contributed by atoms with Crippen molar-refractivity contribution in [1.82, 2.24) is 15.0 Å². The summed E-state index contributed by atoms with van der Waals surface area (Å²) in [5.74, 6) is 1.51. The van der Waals surface area contributed by atoms with Gasteiger partial charge < -0.3 is 19.4 Å². The van der Waals surface area contributed by atoms with Gasteiger partial charge in [0, 0.05) is 42.3 Å². The van der Waals surface area contributed by atoms with E-state index in [-0.39, 0.29) is 5.28 Å². The van der Waals surface area contributed by atoms with Crippen LogP contribution in [-0.4, -0.2) is 60.8 Å². The SMILES string of the molecule is O=Cc1nc(N2C=CCN(c3nc(Cl)nc4cc(N5CCOCC5)ccc34)C2)cs1. The lowest BCUT2D eigenvalue weighted by Gasteiger charge is -2.33. The van der Waals surface area contributed by atoms with Gasteiger partial charge in [0.05, 0.1) is 25.4 Å². The maximum Gasteiger partial charge on any atom is 0.224 e. The lowest BCUT2D eigenvalue weighted by atomic mass is 10.1. The Hall–Kier alpha value is -2.75. The van der Waals surface area contributed by atoms with Crippen LogP contribution in [0, 0.1) is 0 Å². The number of hydrogen-bond donors (Lipinski definition) is 0. The van der Waals surface area contributed by atoms with Crippen molar-refractivity contribution in [3.63, 3.8) is 0 Å². The van der Waals surface area contributed by atoms with Crippen molar-refractivity contribution in [3.8, 4) is 0 Å². The normalized spacial score (nSPS) is 17.0. The van der Waals surface area contributed by atoms with Crippen molar-refractivity contribution in [1.29, 1.82) is 0 Å². The van der Waals surface area contributed by atoms with Crippen LogP contribution >= 0.6 is 22.9 Å². The molecular weight excluding hydrogens is 424 g/mol. The molecule has 0 N–H and O–H groups in total. The Kier molecular flexibility index (Phi) is 5.24. The quantitative estimate of drug-likeness (QED) is 0.450. The average Bonchev–Trinajstić information content (AvgIpc) is 3.28. The summed E-state index contributed by atoms with van der Waals surface area (Å²) >= 11 is 7.62. The van der Waals surface area contributed by atoms with Gasteiger partial charge in [-0.1, -0.05) is 0 Å². The first kappa shape index (κ1) is 19.2. The van der Waals surface area contributed by atoms with Crippen LogP contribution in [0.5, 0.6) is 0 Å². The second-order valence-corrected chi connectivity index (χ2v) is 8.23. The number of aldehydes is 1. The van der Waals surface area contributed by atoms with Gasteiger partial charge in [-0.2, -0.15) is 4.98 Å². The van der Waals surface area contributed by atoms with E-state index < -0.39 is 0 Å². The van der Waals surface area contributed by atoms with Crippen LogP contribution in [0.15, 0.2) is 35.9 Å². The Balaban J connectivity index is 1.47. The summed E-state index contributed by atoms with van der Waals surface area (Å²) in [6.45, 7) is 4.42. The van der Waals surface area contributed by atoms with E-state index in [1.165, 1.54) is 11.3 Å². The second kappa shape index (κ2) is 8.17. The molecule has 2 aromatic heterocycles. The fourth-order valence-electron chi connectivity index (χ4n) is 3.69. The van der Waals surface area contributed by atoms with Gasteiger partial charge in [-0.15, -0.1) is 11.3 Å². The highest BCUT2D eigenvalue weighted by atomic mass is 35.5. The summed E-state index contributed by atoms with van der Waals surface area (Å²) in [5, 5.41) is 3.49. The number of halogens is 1. The molecule has 1 fully saturated rings. The van der Waals surface area contributed by atoms with Crippen molar-refractivity contribution < 1.29 is 9.53 Å². The number of rotatable bonds is 4. The Morgan fingerprint density at radius 2 is 2.00 bits per heavy atom. The van der Waals surface area contributed by atoms with Crippen molar-refractivity contribution in [3.05, 3.63) is 46.1 Å². The number of morpholine rings is 1. The first-order valence-electron chi connectivity index (χ1n) is 9.60. The molecule has 0 saturated carbocycles. The third-order valence-corrected chi connectivity index (χ3v) is 6.07. The van der Waals surface area contributed by atoms with Gasteiger partial charge in [-0.25, -0.2) is 9.97 Å². The largest absolute Gasteiger partial charge is 0.378 e. The second-order valence-electron chi connectivity index (χ2n) is 7.00. The lowest BCUT2D eigenvalue weighted by Crippen LogP contribution is -2.39. The summed E-state index contributed by atoms with van der Waals surface area (Å²) in [5.41, 5.74) is 1.92. The van der Waals surface area contributed by atoms with Gasteiger partial charge in [0.2, 0.25) is 5.28 Å². The number of nitrogens with zero attached hydrogens (tertiary/aromatic N) is 6. The standard InChI is InChI=1S/C20H19ClN6O2S/c21-20-22-16-10-14(25-6-8-29-9-7-25)2-3-15(16)19(24-20)27-5-1-4-26(13-27)17-12-30-18(11-28)23-17/h1-4,10-12H,5-9,13H2. The van der Waals surface area contributed by atoms with Crippen LogP contribution in [-0.2, 0) is 4.74 Å². The summed E-state index contributed by atoms with van der Waals surface area (Å²) in [4.78, 5) is 30.7. The number of benzene rings is 1. The minimum absolute atomic E-state index is 0.217. The highest BCUT2D eigenvalue weighted by Gasteiger charge is 2.21. The summed E-state index contributed by atoms with van der Waals surface area (Å²) in [6, 6.07) is 6.22. The van der Waals surface area contributed by atoms with Crippen LogP contribution in [0.4, 0.5) is 17.3 Å². The van der Waals surface area contributed by atoms with Crippen LogP contribution in [0.2, 0.25) is 5.28 Å². The Morgan fingerprint density at radius 1 is 1.13 bits per heavy atom. The van der Waals surface area contributed by atoms with Crippen LogP contribution in [0.25, 0.3) is 10.9 Å². The molecule has 2 aliphatic rings. The zero-order valence-electron chi connectivity index (χ0n) is 16.1. The monoisotopic (exact) mass is 442 g/mol. The molecule has 2 aliphatic heterocycles. The lowest BCUT2D eigenvalue weighted by molar-refractivity contribution is 0.112. The maximum atomic E-state index is 11.0. The third-order valence-electron chi connectivity index (χ3n) is 5.15. The summed E-state index contributed by atoms with van der Waals surface area (Å²) < 4.78 is 5.45. The number of thiazole rings is 1. The highest BCUT2D eigenvalue weighted by Crippen LogP contribution is 2.31. The summed E-state index contributed by atoms with van der Waals surface area (Å²) in [7, 11) is 0. The molecule has 30 heavy (non-hydrogen) atoms. The number of ether oxygens (including phenoxy) is 1. The van der Waals surface area contributed by atoms with Crippen molar-refractivity contribution in [2.75, 3.05) is 54.2 Å². The number of aromatic nitrogens is 3. The molecule has 0 amide bonds. The van der Waals surface area contributed by atoms with Crippen LogP contribution < -0.4 is 14.7 Å². The molecule has 0 unspecified atom stereocenters. The molecule has 4 heterocycles. The molecule has 1 saturated heterocycles. The predicted octanol–water partition coefficient (Wildman–Crippen LogP) is 3.19. The maximum absolute atomic E-state index is 11.0. The van der Waals surface area contributed by atoms with Gasteiger partial charge in [-0.05, 0) is 35.9 Å². The molecule has 8 nitrogen and oxygen atoms in total.